The van der Waals surface area contributed by atoms with E-state index < -0.39 is 24.2 Å². The monoisotopic (exact) mass is 481 g/mol. The first-order valence-corrected chi connectivity index (χ1v) is 12.8. The summed E-state index contributed by atoms with van der Waals surface area (Å²) in [4.78, 5) is 38.9. The van der Waals surface area contributed by atoms with E-state index >= 15 is 0 Å². The fourth-order valence-electron chi connectivity index (χ4n) is 3.60. The maximum absolute atomic E-state index is 12.9. The van der Waals surface area contributed by atoms with Crippen LogP contribution in [0.3, 0.4) is 0 Å². The van der Waals surface area contributed by atoms with Gasteiger partial charge in [-0.3, -0.25) is 14.4 Å². The van der Waals surface area contributed by atoms with Crippen LogP contribution in [0.2, 0.25) is 0 Å². The fraction of sp³-hybridized carbons (Fsp3) is 0.625. The van der Waals surface area contributed by atoms with Crippen LogP contribution < -0.4 is 10.6 Å². The molecule has 0 spiro atoms. The van der Waals surface area contributed by atoms with Crippen LogP contribution in [0.4, 0.5) is 0 Å². The molecule has 0 aliphatic carbocycles. The Bertz CT molecular complexity index is 783. The first kappa shape index (κ1) is 28.9. The number of aliphatic hydroxyl groups is 2. The number of aryl methyl sites for hydroxylation is 1. The normalized spacial score (nSPS) is 13.7. The zero-order chi connectivity index (χ0) is 25.0. The second-order valence-corrected chi connectivity index (χ2v) is 9.22. The number of hydrogen-bond acceptors (Lipinski definition) is 6. The minimum Gasteiger partial charge on any atom is -0.388 e. The Balaban J connectivity index is 2.88. The van der Waals surface area contributed by atoms with E-state index in [1.807, 2.05) is 27.0 Å². The third-order valence-corrected chi connectivity index (χ3v) is 5.80. The van der Waals surface area contributed by atoms with Gasteiger partial charge in [-0.1, -0.05) is 13.8 Å². The number of carbonyl (C=O) groups is 3. The van der Waals surface area contributed by atoms with Gasteiger partial charge in [0.05, 0.1) is 12.1 Å². The summed E-state index contributed by atoms with van der Waals surface area (Å²) in [6.07, 6.45) is 1.61. The first-order chi connectivity index (χ1) is 15.6. The average molecular weight is 482 g/mol. The van der Waals surface area contributed by atoms with Crippen molar-refractivity contribution in [1.29, 1.82) is 0 Å². The second-order valence-electron chi connectivity index (χ2n) is 8.24. The molecular weight excluding hydrogens is 442 g/mol. The van der Waals surface area contributed by atoms with E-state index in [0.717, 1.165) is 18.4 Å². The second kappa shape index (κ2) is 14.9. The smallest absolute Gasteiger partial charge is 0.253 e. The Morgan fingerprint density at radius 1 is 1.06 bits per heavy atom. The molecule has 0 aliphatic rings. The molecule has 3 atom stereocenters. The van der Waals surface area contributed by atoms with Gasteiger partial charge in [0.2, 0.25) is 5.91 Å². The van der Waals surface area contributed by atoms with Gasteiger partial charge in [0.25, 0.3) is 11.8 Å². The lowest BCUT2D eigenvalue weighted by Gasteiger charge is -2.27. The molecule has 0 aliphatic heterocycles. The molecular formula is C24H39N3O5S. The van der Waals surface area contributed by atoms with Crippen molar-refractivity contribution in [2.24, 2.45) is 0 Å². The first-order valence-electron chi connectivity index (χ1n) is 11.5. The fourth-order valence-corrected chi connectivity index (χ4v) is 4.09. The van der Waals surface area contributed by atoms with E-state index in [1.165, 1.54) is 6.92 Å². The summed E-state index contributed by atoms with van der Waals surface area (Å²) in [6.45, 7) is 8.32. The van der Waals surface area contributed by atoms with Gasteiger partial charge in [0, 0.05) is 37.7 Å². The Hall–Kier alpha value is -2.10. The molecule has 0 fully saturated rings. The summed E-state index contributed by atoms with van der Waals surface area (Å²) >= 11 is 1.57. The van der Waals surface area contributed by atoms with Crippen molar-refractivity contribution in [2.45, 2.75) is 65.2 Å². The summed E-state index contributed by atoms with van der Waals surface area (Å²) in [5.74, 6) is -0.155. The Labute approximate surface area is 201 Å². The Kier molecular flexibility index (Phi) is 13.1. The zero-order valence-corrected chi connectivity index (χ0v) is 21.2. The molecule has 33 heavy (non-hydrogen) atoms. The number of nitrogens with zero attached hydrogens (tertiary/aromatic N) is 1. The quantitative estimate of drug-likeness (QED) is 0.323. The molecule has 0 aromatic heterocycles. The lowest BCUT2D eigenvalue weighted by Crippen LogP contribution is -2.51. The maximum atomic E-state index is 12.9. The summed E-state index contributed by atoms with van der Waals surface area (Å²) in [6, 6.07) is 4.38. The van der Waals surface area contributed by atoms with Gasteiger partial charge in [-0.05, 0) is 62.0 Å². The van der Waals surface area contributed by atoms with Gasteiger partial charge in [0.1, 0.15) is 6.10 Å². The van der Waals surface area contributed by atoms with Crippen LogP contribution in [0.5, 0.6) is 0 Å². The molecule has 3 amide bonds. The standard InChI is InChI=1S/C24H39N3O5S/c1-6-9-27(10-7-2)24(32)19-13-16(3)12-18(14-19)23(31)25-15-21(29)22(30)20(8-11-33-5)26-17(4)28/h12-14,20-22,29-30H,6-11,15H2,1-5H3,(H,25,31)(H,26,28). The van der Waals surface area contributed by atoms with Crippen LogP contribution in [-0.2, 0) is 4.79 Å². The van der Waals surface area contributed by atoms with E-state index in [0.29, 0.717) is 36.4 Å². The van der Waals surface area contributed by atoms with Crippen molar-refractivity contribution in [3.05, 3.63) is 34.9 Å². The van der Waals surface area contributed by atoms with Crippen molar-refractivity contribution in [3.8, 4) is 0 Å². The molecule has 9 heteroatoms. The Morgan fingerprint density at radius 2 is 1.67 bits per heavy atom. The minimum absolute atomic E-state index is 0.112. The predicted molar refractivity (Wildman–Crippen MR) is 133 cm³/mol. The largest absolute Gasteiger partial charge is 0.388 e. The molecule has 0 radical (unpaired) electrons. The van der Waals surface area contributed by atoms with E-state index in [1.54, 1.807) is 34.9 Å². The molecule has 0 saturated carbocycles. The van der Waals surface area contributed by atoms with Crippen molar-refractivity contribution in [2.75, 3.05) is 31.6 Å². The van der Waals surface area contributed by atoms with E-state index in [2.05, 4.69) is 10.6 Å². The van der Waals surface area contributed by atoms with Crippen LogP contribution in [0.15, 0.2) is 18.2 Å². The lowest BCUT2D eigenvalue weighted by atomic mass is 10.0. The molecule has 186 valence electrons. The number of hydrogen-bond donors (Lipinski definition) is 4. The Morgan fingerprint density at radius 3 is 2.21 bits per heavy atom. The van der Waals surface area contributed by atoms with Crippen LogP contribution in [-0.4, -0.2) is 82.7 Å². The molecule has 8 nitrogen and oxygen atoms in total. The van der Waals surface area contributed by atoms with Gasteiger partial charge in [-0.25, -0.2) is 0 Å². The van der Waals surface area contributed by atoms with Crippen molar-refractivity contribution >= 4 is 29.5 Å². The maximum Gasteiger partial charge on any atom is 0.253 e. The number of benzene rings is 1. The average Bonchev–Trinajstić information content (AvgIpc) is 2.78. The minimum atomic E-state index is -1.26. The molecule has 1 rings (SSSR count). The molecule has 1 aromatic carbocycles. The van der Waals surface area contributed by atoms with Crippen LogP contribution in [0, 0.1) is 6.92 Å². The lowest BCUT2D eigenvalue weighted by molar-refractivity contribution is -0.121. The SMILES string of the molecule is CCCN(CCC)C(=O)c1cc(C)cc(C(=O)NCC(O)C(O)C(CCSC)NC(C)=O)c1. The van der Waals surface area contributed by atoms with Crippen LogP contribution in [0.25, 0.3) is 0 Å². The third kappa shape index (κ3) is 9.73. The molecule has 0 saturated heterocycles. The van der Waals surface area contributed by atoms with E-state index in [-0.39, 0.29) is 18.4 Å². The van der Waals surface area contributed by atoms with Gasteiger partial charge in [0.15, 0.2) is 0 Å². The third-order valence-electron chi connectivity index (χ3n) is 5.16. The highest BCUT2D eigenvalue weighted by Crippen LogP contribution is 2.14. The van der Waals surface area contributed by atoms with Gasteiger partial charge in [-0.15, -0.1) is 0 Å². The molecule has 4 N–H and O–H groups in total. The topological polar surface area (TPSA) is 119 Å². The van der Waals surface area contributed by atoms with Crippen molar-refractivity contribution in [1.82, 2.24) is 15.5 Å². The van der Waals surface area contributed by atoms with Gasteiger partial charge in [-0.2, -0.15) is 11.8 Å². The number of rotatable bonds is 14. The number of aliphatic hydroxyl groups excluding tert-OH is 2. The van der Waals surface area contributed by atoms with Crippen molar-refractivity contribution in [3.63, 3.8) is 0 Å². The predicted octanol–water partition coefficient (Wildman–Crippen LogP) is 1.97. The highest BCUT2D eigenvalue weighted by Gasteiger charge is 2.27. The molecule has 3 unspecified atom stereocenters. The summed E-state index contributed by atoms with van der Waals surface area (Å²) in [5, 5.41) is 26.2. The van der Waals surface area contributed by atoms with E-state index in [9.17, 15) is 24.6 Å². The summed E-state index contributed by atoms with van der Waals surface area (Å²) < 4.78 is 0. The number of thioether (sulfide) groups is 1. The van der Waals surface area contributed by atoms with Gasteiger partial charge >= 0.3 is 0 Å². The molecule has 0 heterocycles. The van der Waals surface area contributed by atoms with E-state index in [4.69, 9.17) is 0 Å². The van der Waals surface area contributed by atoms with Crippen LogP contribution >= 0.6 is 11.8 Å². The summed E-state index contributed by atoms with van der Waals surface area (Å²) in [7, 11) is 0. The molecule has 0 bridgehead atoms. The zero-order valence-electron chi connectivity index (χ0n) is 20.4. The van der Waals surface area contributed by atoms with Crippen LogP contribution in [0.1, 0.15) is 66.3 Å². The summed E-state index contributed by atoms with van der Waals surface area (Å²) in [5.41, 5.74) is 1.54. The van der Waals surface area contributed by atoms with Gasteiger partial charge < -0.3 is 25.7 Å². The number of amides is 3. The highest BCUT2D eigenvalue weighted by atomic mass is 32.2. The number of carbonyl (C=O) groups excluding carboxylic acids is 3. The van der Waals surface area contributed by atoms with Crippen molar-refractivity contribution < 1.29 is 24.6 Å². The highest BCUT2D eigenvalue weighted by molar-refractivity contribution is 7.98. The molecule has 1 aromatic rings. The number of nitrogens with one attached hydrogen (secondary N) is 2.